The number of nitrogens with one attached hydrogen (secondary N) is 2. The number of amides is 4. The summed E-state index contributed by atoms with van der Waals surface area (Å²) in [6.07, 6.45) is 8.75. The Bertz CT molecular complexity index is 1600. The third kappa shape index (κ3) is 8.45. The number of hydrogen-bond donors (Lipinski definition) is 3. The van der Waals surface area contributed by atoms with Crippen LogP contribution in [0.1, 0.15) is 81.6 Å². The molecule has 3 N–H and O–H groups in total. The van der Waals surface area contributed by atoms with E-state index in [2.05, 4.69) is 29.6 Å². The summed E-state index contributed by atoms with van der Waals surface area (Å²) in [5.41, 5.74) is 0.747. The summed E-state index contributed by atoms with van der Waals surface area (Å²) in [5.74, 6) is -2.46. The fraction of sp³-hybridized carbons (Fsp3) is 0.632. The van der Waals surface area contributed by atoms with Gasteiger partial charge in [-0.05, 0) is 43.1 Å². The van der Waals surface area contributed by atoms with Crippen molar-refractivity contribution in [1.82, 2.24) is 30.2 Å². The molecule has 13 heteroatoms. The molecule has 4 atom stereocenters. The molecule has 1 aromatic carbocycles. The molecular formula is C38H52N6O7. The zero-order chi connectivity index (χ0) is 36.3. The number of likely N-dealkylation sites (tertiary alicyclic amines) is 2. The number of aliphatic carboxylic acids is 1. The van der Waals surface area contributed by atoms with E-state index >= 15 is 0 Å². The number of aromatic nitrogens is 2. The average molecular weight is 705 g/mol. The molecule has 1 spiro atoms. The van der Waals surface area contributed by atoms with Gasteiger partial charge in [-0.2, -0.15) is 5.10 Å². The fourth-order valence-corrected chi connectivity index (χ4v) is 8.09. The number of nitrogens with zero attached hydrogens (tertiary/aromatic N) is 4. The molecule has 276 valence electrons. The summed E-state index contributed by atoms with van der Waals surface area (Å²) < 4.78 is 7.90. The molecule has 2 aliphatic carbocycles. The van der Waals surface area contributed by atoms with Gasteiger partial charge in [-0.15, -0.1) is 0 Å². The Labute approximate surface area is 299 Å². The van der Waals surface area contributed by atoms with E-state index in [0.717, 1.165) is 37.7 Å². The largest absolute Gasteiger partial charge is 0.481 e. The Hall–Kier alpha value is -4.26. The first kappa shape index (κ1) is 36.5. The van der Waals surface area contributed by atoms with Crippen molar-refractivity contribution >= 4 is 29.6 Å². The van der Waals surface area contributed by atoms with Crippen LogP contribution in [0.25, 0.3) is 0 Å². The summed E-state index contributed by atoms with van der Waals surface area (Å²) >= 11 is 0. The Morgan fingerprint density at radius 3 is 2.35 bits per heavy atom. The lowest BCUT2D eigenvalue weighted by atomic mass is 9.70. The monoisotopic (exact) mass is 704 g/mol. The van der Waals surface area contributed by atoms with Crippen LogP contribution in [0.15, 0.2) is 42.7 Å². The Morgan fingerprint density at radius 2 is 1.69 bits per heavy atom. The van der Waals surface area contributed by atoms with Crippen LogP contribution in [0.3, 0.4) is 0 Å². The molecule has 2 aliphatic heterocycles. The molecule has 2 saturated carbocycles. The molecule has 4 fully saturated rings. The summed E-state index contributed by atoms with van der Waals surface area (Å²) in [5, 5.41) is 19.1. The van der Waals surface area contributed by atoms with Crippen LogP contribution in [0.2, 0.25) is 0 Å². The first-order chi connectivity index (χ1) is 24.3. The highest BCUT2D eigenvalue weighted by Crippen LogP contribution is 2.54. The maximum absolute atomic E-state index is 14.3. The van der Waals surface area contributed by atoms with E-state index in [1.807, 2.05) is 30.3 Å². The van der Waals surface area contributed by atoms with E-state index < -0.39 is 41.3 Å². The summed E-state index contributed by atoms with van der Waals surface area (Å²) in [4.78, 5) is 69.6. The van der Waals surface area contributed by atoms with Crippen LogP contribution in [-0.2, 0) is 30.5 Å². The van der Waals surface area contributed by atoms with Crippen molar-refractivity contribution in [3.05, 3.63) is 53.9 Å². The fourth-order valence-electron chi connectivity index (χ4n) is 8.09. The van der Waals surface area contributed by atoms with Crippen LogP contribution in [0.4, 0.5) is 0 Å². The highest BCUT2D eigenvalue weighted by molar-refractivity contribution is 5.96. The van der Waals surface area contributed by atoms with Gasteiger partial charge in [0.25, 0.3) is 5.91 Å². The lowest BCUT2D eigenvalue weighted by Crippen LogP contribution is -2.65. The highest BCUT2D eigenvalue weighted by Gasteiger charge is 2.62. The van der Waals surface area contributed by atoms with Crippen molar-refractivity contribution in [3.63, 3.8) is 0 Å². The molecule has 2 aromatic rings. The average Bonchev–Trinajstić information content (AvgIpc) is 3.40. The van der Waals surface area contributed by atoms with Crippen LogP contribution < -0.4 is 10.6 Å². The molecular weight excluding hydrogens is 652 g/mol. The zero-order valence-corrected chi connectivity index (χ0v) is 30.0. The minimum absolute atomic E-state index is 0.0385. The number of ether oxygens (including phenoxy) is 1. The Morgan fingerprint density at radius 1 is 1.00 bits per heavy atom. The SMILES string of the molecule is C[C@@H](OCC1CCCCC1)[C@H](NC(=O)C1CN(C(=O)c2cnn(Cc3ccccc3)c2)CC12CN(C(=O)[C@H]1CC1(C)C)C2)C(=O)NCCC(=O)O. The van der Waals surface area contributed by atoms with Crippen molar-refractivity contribution in [2.24, 2.45) is 28.6 Å². The number of carboxylic acids is 1. The van der Waals surface area contributed by atoms with Gasteiger partial charge in [-0.1, -0.05) is 63.4 Å². The number of benzene rings is 1. The topological polar surface area (TPSA) is 163 Å². The van der Waals surface area contributed by atoms with E-state index in [0.29, 0.717) is 37.7 Å². The first-order valence-electron chi connectivity index (χ1n) is 18.4. The molecule has 4 amide bonds. The normalized spacial score (nSPS) is 23.3. The lowest BCUT2D eigenvalue weighted by Gasteiger charge is -2.50. The van der Waals surface area contributed by atoms with Gasteiger partial charge in [0, 0.05) is 56.9 Å². The van der Waals surface area contributed by atoms with Crippen LogP contribution in [0.5, 0.6) is 0 Å². The van der Waals surface area contributed by atoms with E-state index in [-0.39, 0.29) is 49.2 Å². The number of carbonyl (C=O) groups excluding carboxylic acids is 4. The molecule has 51 heavy (non-hydrogen) atoms. The van der Waals surface area contributed by atoms with Crippen molar-refractivity contribution in [2.45, 2.75) is 84.4 Å². The number of carbonyl (C=O) groups is 5. The third-order valence-electron chi connectivity index (χ3n) is 11.5. The maximum Gasteiger partial charge on any atom is 0.305 e. The molecule has 13 nitrogen and oxygen atoms in total. The zero-order valence-electron chi connectivity index (χ0n) is 30.0. The van der Waals surface area contributed by atoms with Crippen LogP contribution >= 0.6 is 0 Å². The molecule has 1 aromatic heterocycles. The predicted octanol–water partition coefficient (Wildman–Crippen LogP) is 2.94. The minimum atomic E-state index is -1.07. The van der Waals surface area contributed by atoms with Gasteiger partial charge in [0.2, 0.25) is 17.7 Å². The van der Waals surface area contributed by atoms with Gasteiger partial charge < -0.3 is 30.3 Å². The summed E-state index contributed by atoms with van der Waals surface area (Å²) in [6, 6.07) is 8.75. The smallest absolute Gasteiger partial charge is 0.305 e. The molecule has 0 bridgehead atoms. The molecule has 1 unspecified atom stereocenters. The van der Waals surface area contributed by atoms with Gasteiger partial charge in [0.1, 0.15) is 6.04 Å². The second-order valence-electron chi connectivity index (χ2n) is 15.9. The van der Waals surface area contributed by atoms with Crippen molar-refractivity contribution in [2.75, 3.05) is 39.3 Å². The summed E-state index contributed by atoms with van der Waals surface area (Å²) in [7, 11) is 0. The number of hydrogen-bond acceptors (Lipinski definition) is 7. The molecule has 6 rings (SSSR count). The van der Waals surface area contributed by atoms with Crippen molar-refractivity contribution in [3.8, 4) is 0 Å². The van der Waals surface area contributed by atoms with Gasteiger partial charge in [-0.3, -0.25) is 28.7 Å². The van der Waals surface area contributed by atoms with Crippen LogP contribution in [0, 0.1) is 28.6 Å². The predicted molar refractivity (Wildman–Crippen MR) is 187 cm³/mol. The lowest BCUT2D eigenvalue weighted by molar-refractivity contribution is -0.152. The summed E-state index contributed by atoms with van der Waals surface area (Å²) in [6.45, 7) is 7.89. The van der Waals surface area contributed by atoms with Crippen LogP contribution in [-0.4, -0.2) is 106 Å². The van der Waals surface area contributed by atoms with Gasteiger partial charge in [0.05, 0.1) is 36.7 Å². The highest BCUT2D eigenvalue weighted by atomic mass is 16.5. The molecule has 0 radical (unpaired) electrons. The quantitative estimate of drug-likeness (QED) is 0.271. The van der Waals surface area contributed by atoms with Gasteiger partial charge in [0.15, 0.2) is 0 Å². The number of rotatable bonds is 14. The second-order valence-corrected chi connectivity index (χ2v) is 15.9. The van der Waals surface area contributed by atoms with Crippen molar-refractivity contribution in [1.29, 1.82) is 0 Å². The van der Waals surface area contributed by atoms with E-state index in [4.69, 9.17) is 9.84 Å². The standard InChI is InChI=1S/C38H52N6O7/c1-25(51-21-27-12-8-5-9-13-27)32(34(48)39-15-14-31(45)46)41-33(47)30-20-42(22-38(30)23-43(24-38)36(50)29-16-37(29,2)3)35(49)28-17-40-44(19-28)18-26-10-6-4-7-11-26/h4,6-7,10-11,17,19,25,27,29-30,32H,5,8-9,12-16,18,20-24H2,1-3H3,(H,39,48)(H,41,47)(H,45,46)/t25-,29-,30?,32+/m1/s1. The Kier molecular flexibility index (Phi) is 10.9. The van der Waals surface area contributed by atoms with Gasteiger partial charge >= 0.3 is 5.97 Å². The number of carboxylic acid groups (broad SMARTS) is 1. The van der Waals surface area contributed by atoms with Crippen molar-refractivity contribution < 1.29 is 33.8 Å². The molecule has 2 saturated heterocycles. The molecule has 4 aliphatic rings. The van der Waals surface area contributed by atoms with E-state index in [1.165, 1.54) is 6.42 Å². The van der Waals surface area contributed by atoms with E-state index in [9.17, 15) is 24.0 Å². The van der Waals surface area contributed by atoms with Gasteiger partial charge in [-0.25, -0.2) is 0 Å². The second kappa shape index (κ2) is 15.1. The third-order valence-corrected chi connectivity index (χ3v) is 11.5. The first-order valence-corrected chi connectivity index (χ1v) is 18.4. The van der Waals surface area contributed by atoms with E-state index in [1.54, 1.807) is 33.8 Å². The Balaban J connectivity index is 1.18. The molecule has 3 heterocycles. The maximum atomic E-state index is 14.3. The minimum Gasteiger partial charge on any atom is -0.481 e.